The van der Waals surface area contributed by atoms with Crippen LogP contribution in [0.4, 0.5) is 0 Å². The molecule has 0 fully saturated rings. The van der Waals surface area contributed by atoms with Gasteiger partial charge in [-0.1, -0.05) is 54.1 Å². The highest BCUT2D eigenvalue weighted by molar-refractivity contribution is 7.15. The number of aromatic nitrogens is 4. The van der Waals surface area contributed by atoms with E-state index in [1.807, 2.05) is 54.8 Å². The van der Waals surface area contributed by atoms with Crippen molar-refractivity contribution in [2.75, 3.05) is 0 Å². The fraction of sp³-hybridized carbons (Fsp3) is 0.130. The molecule has 5 rings (SSSR count). The topological polar surface area (TPSA) is 64.7 Å². The van der Waals surface area contributed by atoms with Gasteiger partial charge in [-0.2, -0.15) is 0 Å². The van der Waals surface area contributed by atoms with Gasteiger partial charge in [0.15, 0.2) is 0 Å². The van der Waals surface area contributed by atoms with Crippen LogP contribution in [0.5, 0.6) is 0 Å². The second-order valence-corrected chi connectivity index (χ2v) is 9.39. The first-order valence-electron chi connectivity index (χ1n) is 9.67. The second kappa shape index (κ2) is 8.70. The van der Waals surface area contributed by atoms with Crippen LogP contribution >= 0.6 is 34.3 Å². The first-order chi connectivity index (χ1) is 15.1. The number of thiazole rings is 2. The van der Waals surface area contributed by atoms with Crippen molar-refractivity contribution < 1.29 is 4.42 Å². The lowest BCUT2D eigenvalue weighted by Gasteiger charge is -1.97. The Balaban J connectivity index is 1.31. The van der Waals surface area contributed by atoms with Gasteiger partial charge in [-0.15, -0.1) is 32.9 Å². The Morgan fingerprint density at radius 3 is 2.55 bits per heavy atom. The molecule has 5 nitrogen and oxygen atoms in total. The molecule has 0 spiro atoms. The highest BCUT2D eigenvalue weighted by atomic mass is 35.5. The molecular weight excluding hydrogens is 448 g/mol. The minimum atomic E-state index is 0.505. The van der Waals surface area contributed by atoms with Crippen molar-refractivity contribution >= 4 is 34.3 Å². The number of benzene rings is 2. The molecule has 0 unspecified atom stereocenters. The van der Waals surface area contributed by atoms with Crippen LogP contribution in [0, 0.1) is 6.92 Å². The molecule has 0 aliphatic rings. The zero-order chi connectivity index (χ0) is 21.2. The van der Waals surface area contributed by atoms with Crippen molar-refractivity contribution in [1.29, 1.82) is 0 Å². The molecule has 0 bridgehead atoms. The number of nitrogens with zero attached hydrogens (tertiary/aromatic N) is 4. The molecule has 3 aromatic heterocycles. The Labute approximate surface area is 192 Å². The molecule has 0 atom stereocenters. The minimum Gasteiger partial charge on any atom is -0.419 e. The molecule has 2 aromatic carbocycles. The van der Waals surface area contributed by atoms with Crippen molar-refractivity contribution in [1.82, 2.24) is 20.2 Å². The Bertz CT molecular complexity index is 1310. The predicted octanol–water partition coefficient (Wildman–Crippen LogP) is 6.46. The van der Waals surface area contributed by atoms with E-state index in [0.717, 1.165) is 48.9 Å². The number of aryl methyl sites for hydroxylation is 1. The van der Waals surface area contributed by atoms with Gasteiger partial charge in [0.1, 0.15) is 9.88 Å². The van der Waals surface area contributed by atoms with E-state index in [-0.39, 0.29) is 0 Å². The molecule has 31 heavy (non-hydrogen) atoms. The smallest absolute Gasteiger partial charge is 0.259 e. The van der Waals surface area contributed by atoms with Crippen LogP contribution in [0.3, 0.4) is 0 Å². The summed E-state index contributed by atoms with van der Waals surface area (Å²) in [4.78, 5) is 10.3. The highest BCUT2D eigenvalue weighted by Crippen LogP contribution is 2.31. The van der Waals surface area contributed by atoms with Gasteiger partial charge in [0.25, 0.3) is 5.89 Å². The van der Waals surface area contributed by atoms with Gasteiger partial charge < -0.3 is 4.42 Å². The monoisotopic (exact) mass is 464 g/mol. The van der Waals surface area contributed by atoms with Crippen LogP contribution in [-0.4, -0.2) is 20.2 Å². The zero-order valence-electron chi connectivity index (χ0n) is 16.6. The summed E-state index contributed by atoms with van der Waals surface area (Å²) in [6.07, 6.45) is 1.25. The summed E-state index contributed by atoms with van der Waals surface area (Å²) >= 11 is 9.17. The molecule has 0 aliphatic carbocycles. The molecule has 0 amide bonds. The third kappa shape index (κ3) is 4.58. The van der Waals surface area contributed by atoms with Crippen LogP contribution in [0.2, 0.25) is 5.02 Å². The van der Waals surface area contributed by atoms with Crippen molar-refractivity contribution in [3.63, 3.8) is 0 Å². The van der Waals surface area contributed by atoms with E-state index in [0.29, 0.717) is 18.2 Å². The Kier molecular flexibility index (Phi) is 5.63. The van der Waals surface area contributed by atoms with Gasteiger partial charge in [0, 0.05) is 22.4 Å². The van der Waals surface area contributed by atoms with E-state index in [9.17, 15) is 0 Å². The van der Waals surface area contributed by atoms with E-state index >= 15 is 0 Å². The first-order valence-corrected chi connectivity index (χ1v) is 11.7. The van der Waals surface area contributed by atoms with E-state index in [4.69, 9.17) is 21.0 Å². The number of hydrogen-bond acceptors (Lipinski definition) is 7. The van der Waals surface area contributed by atoms with Gasteiger partial charge in [0.2, 0.25) is 5.89 Å². The summed E-state index contributed by atoms with van der Waals surface area (Å²) in [5, 5.41) is 13.2. The zero-order valence-corrected chi connectivity index (χ0v) is 19.0. The van der Waals surface area contributed by atoms with Crippen molar-refractivity contribution in [2.45, 2.75) is 19.8 Å². The molecule has 5 aromatic rings. The van der Waals surface area contributed by atoms with Crippen molar-refractivity contribution in [3.8, 4) is 21.3 Å². The lowest BCUT2D eigenvalue weighted by molar-refractivity contribution is 0.517. The fourth-order valence-corrected chi connectivity index (χ4v) is 5.15. The normalized spacial score (nSPS) is 11.2. The average Bonchev–Trinajstić information content (AvgIpc) is 3.51. The molecule has 154 valence electrons. The van der Waals surface area contributed by atoms with Crippen molar-refractivity contribution in [2.24, 2.45) is 0 Å². The average molecular weight is 465 g/mol. The number of rotatable bonds is 6. The third-order valence-corrected chi connectivity index (χ3v) is 7.01. The summed E-state index contributed by atoms with van der Waals surface area (Å²) in [7, 11) is 0. The summed E-state index contributed by atoms with van der Waals surface area (Å²) in [5.74, 6) is 1.05. The van der Waals surface area contributed by atoms with Gasteiger partial charge in [-0.25, -0.2) is 9.97 Å². The van der Waals surface area contributed by atoms with Crippen LogP contribution < -0.4 is 0 Å². The maximum Gasteiger partial charge on any atom is 0.259 e. The lowest BCUT2D eigenvalue weighted by atomic mass is 10.2. The molecule has 3 heterocycles. The van der Waals surface area contributed by atoms with Gasteiger partial charge in [-0.05, 0) is 24.6 Å². The fourth-order valence-electron chi connectivity index (χ4n) is 3.18. The SMILES string of the molecule is Cc1nc(Cc2ccc(Cl)cc2)sc1-c1nnc(Cc2csc(-c3ccccc3)n2)o1. The van der Waals surface area contributed by atoms with Crippen molar-refractivity contribution in [3.05, 3.63) is 92.8 Å². The van der Waals surface area contributed by atoms with E-state index < -0.39 is 0 Å². The largest absolute Gasteiger partial charge is 0.419 e. The summed E-state index contributed by atoms with van der Waals surface area (Å²) in [6, 6.07) is 18.0. The van der Waals surface area contributed by atoms with Gasteiger partial charge in [-0.3, -0.25) is 0 Å². The van der Waals surface area contributed by atoms with Gasteiger partial charge in [0.05, 0.1) is 22.8 Å². The maximum atomic E-state index is 5.97. The molecular formula is C23H17ClN4OS2. The number of hydrogen-bond donors (Lipinski definition) is 0. The second-order valence-electron chi connectivity index (χ2n) is 7.01. The lowest BCUT2D eigenvalue weighted by Crippen LogP contribution is -1.88. The first kappa shape index (κ1) is 20.1. The quantitative estimate of drug-likeness (QED) is 0.288. The van der Waals surface area contributed by atoms with E-state index in [1.165, 1.54) is 0 Å². The van der Waals surface area contributed by atoms with Crippen LogP contribution in [0.15, 0.2) is 64.4 Å². The van der Waals surface area contributed by atoms with E-state index in [2.05, 4.69) is 27.3 Å². The van der Waals surface area contributed by atoms with Crippen LogP contribution in [-0.2, 0) is 12.8 Å². The summed E-state index contributed by atoms with van der Waals surface area (Å²) in [6.45, 7) is 1.97. The molecule has 0 radical (unpaired) electrons. The Morgan fingerprint density at radius 2 is 1.74 bits per heavy atom. The van der Waals surface area contributed by atoms with Gasteiger partial charge >= 0.3 is 0 Å². The molecule has 0 N–H and O–H groups in total. The predicted molar refractivity (Wildman–Crippen MR) is 125 cm³/mol. The molecule has 0 aliphatic heterocycles. The van der Waals surface area contributed by atoms with Crippen LogP contribution in [0.1, 0.15) is 27.8 Å². The Morgan fingerprint density at radius 1 is 0.935 bits per heavy atom. The standard InChI is InChI=1S/C23H17ClN4OS2/c1-14-21(31-20(25-14)11-15-7-9-17(24)10-8-15)22-28-27-19(29-22)12-18-13-30-23(26-18)16-5-3-2-4-6-16/h2-10,13H,11-12H2,1H3. The summed E-state index contributed by atoms with van der Waals surface area (Å²) < 4.78 is 5.94. The number of halogens is 1. The summed E-state index contributed by atoms with van der Waals surface area (Å²) in [5.41, 5.74) is 4.08. The molecule has 0 saturated carbocycles. The minimum absolute atomic E-state index is 0.505. The molecule has 8 heteroatoms. The molecule has 0 saturated heterocycles. The van der Waals surface area contributed by atoms with E-state index in [1.54, 1.807) is 22.7 Å². The maximum absolute atomic E-state index is 5.97. The highest BCUT2D eigenvalue weighted by Gasteiger charge is 2.17. The Hall–Kier alpha value is -2.87. The third-order valence-electron chi connectivity index (χ3n) is 4.68. The van der Waals surface area contributed by atoms with Crippen LogP contribution in [0.25, 0.3) is 21.3 Å².